The second-order valence-electron chi connectivity index (χ2n) is 4.96. The van der Waals surface area contributed by atoms with Gasteiger partial charge in [-0.2, -0.15) is 0 Å². The minimum atomic E-state index is -1.05. The topological polar surface area (TPSA) is 66.3 Å². The maximum atomic E-state index is 11.2. The van der Waals surface area contributed by atoms with Crippen LogP contribution >= 0.6 is 0 Å². The molecule has 0 saturated heterocycles. The number of aryl methyl sites for hydroxylation is 2. The monoisotopic (exact) mass is 271 g/mol. The number of aromatic nitrogens is 2. The fourth-order valence-electron chi connectivity index (χ4n) is 1.98. The number of carboxylic acid groups (broad SMARTS) is 1. The van der Waals surface area contributed by atoms with Gasteiger partial charge < -0.3 is 10.0 Å². The summed E-state index contributed by atoms with van der Waals surface area (Å²) >= 11 is 0. The van der Waals surface area contributed by atoms with E-state index < -0.39 is 5.97 Å². The summed E-state index contributed by atoms with van der Waals surface area (Å²) in [4.78, 5) is 21.3. The fraction of sp³-hybridized carbons (Fsp3) is 0.267. The summed E-state index contributed by atoms with van der Waals surface area (Å²) in [6.45, 7) is 4.00. The largest absolute Gasteiger partial charge is 0.477 e. The van der Waals surface area contributed by atoms with Gasteiger partial charge in [0.05, 0.1) is 5.69 Å². The van der Waals surface area contributed by atoms with E-state index in [0.29, 0.717) is 11.6 Å². The van der Waals surface area contributed by atoms with Gasteiger partial charge in [0.1, 0.15) is 0 Å². The summed E-state index contributed by atoms with van der Waals surface area (Å²) in [5.74, 6) is -0.665. The molecule has 5 heteroatoms. The Kier molecular flexibility index (Phi) is 3.70. The molecule has 0 aliphatic heterocycles. The Morgan fingerprint density at radius 1 is 1.15 bits per heavy atom. The van der Waals surface area contributed by atoms with Crippen molar-refractivity contribution < 1.29 is 9.90 Å². The average molecular weight is 271 g/mol. The lowest BCUT2D eigenvalue weighted by Gasteiger charge is -2.13. The summed E-state index contributed by atoms with van der Waals surface area (Å²) in [5, 5.41) is 9.17. The van der Waals surface area contributed by atoms with Gasteiger partial charge in [-0.25, -0.2) is 14.8 Å². The number of aromatic carboxylic acids is 1. The van der Waals surface area contributed by atoms with E-state index in [0.717, 1.165) is 16.7 Å². The minimum Gasteiger partial charge on any atom is -0.477 e. The zero-order valence-corrected chi connectivity index (χ0v) is 12.0. The number of carbonyl (C=O) groups is 1. The highest BCUT2D eigenvalue weighted by atomic mass is 16.4. The van der Waals surface area contributed by atoms with Crippen LogP contribution in [-0.2, 0) is 0 Å². The summed E-state index contributed by atoms with van der Waals surface area (Å²) in [7, 11) is 3.57. The molecule has 1 aromatic carbocycles. The SMILES string of the molecule is Cc1ccc(-c2cc(C(=O)O)nc(N(C)C)n2)c(C)c1. The lowest BCUT2D eigenvalue weighted by atomic mass is 10.0. The highest BCUT2D eigenvalue weighted by Crippen LogP contribution is 2.24. The van der Waals surface area contributed by atoms with Gasteiger partial charge in [-0.3, -0.25) is 0 Å². The predicted octanol–water partition coefficient (Wildman–Crippen LogP) is 2.52. The smallest absolute Gasteiger partial charge is 0.354 e. The van der Waals surface area contributed by atoms with Gasteiger partial charge in [0.15, 0.2) is 5.69 Å². The number of anilines is 1. The Morgan fingerprint density at radius 3 is 2.40 bits per heavy atom. The molecule has 5 nitrogen and oxygen atoms in total. The molecule has 2 rings (SSSR count). The third-order valence-corrected chi connectivity index (χ3v) is 2.99. The molecule has 0 saturated carbocycles. The van der Waals surface area contributed by atoms with E-state index in [1.165, 1.54) is 6.07 Å². The van der Waals surface area contributed by atoms with E-state index in [2.05, 4.69) is 9.97 Å². The predicted molar refractivity (Wildman–Crippen MR) is 78.2 cm³/mol. The van der Waals surface area contributed by atoms with Crippen LogP contribution in [0, 0.1) is 13.8 Å². The molecule has 2 aromatic rings. The van der Waals surface area contributed by atoms with Crippen molar-refractivity contribution >= 4 is 11.9 Å². The molecule has 0 radical (unpaired) electrons. The van der Waals surface area contributed by atoms with E-state index in [9.17, 15) is 4.79 Å². The Labute approximate surface area is 117 Å². The summed E-state index contributed by atoms with van der Waals surface area (Å²) in [6.07, 6.45) is 0. The number of benzene rings is 1. The summed E-state index contributed by atoms with van der Waals surface area (Å²) in [5.41, 5.74) is 3.76. The molecule has 0 aliphatic rings. The highest BCUT2D eigenvalue weighted by molar-refractivity contribution is 5.87. The average Bonchev–Trinajstić information content (AvgIpc) is 2.38. The van der Waals surface area contributed by atoms with Crippen LogP contribution < -0.4 is 4.90 Å². The quantitative estimate of drug-likeness (QED) is 0.929. The van der Waals surface area contributed by atoms with Crippen molar-refractivity contribution in [3.63, 3.8) is 0 Å². The van der Waals surface area contributed by atoms with E-state index in [1.54, 1.807) is 19.0 Å². The van der Waals surface area contributed by atoms with Crippen molar-refractivity contribution in [2.75, 3.05) is 19.0 Å². The Hall–Kier alpha value is -2.43. The van der Waals surface area contributed by atoms with E-state index in [1.807, 2.05) is 32.0 Å². The number of nitrogens with zero attached hydrogens (tertiary/aromatic N) is 3. The molecule has 0 bridgehead atoms. The molecule has 20 heavy (non-hydrogen) atoms. The van der Waals surface area contributed by atoms with Crippen LogP contribution in [0.3, 0.4) is 0 Å². The van der Waals surface area contributed by atoms with Crippen molar-refractivity contribution in [1.29, 1.82) is 0 Å². The zero-order chi connectivity index (χ0) is 14.9. The van der Waals surface area contributed by atoms with E-state index in [-0.39, 0.29) is 5.69 Å². The molecular formula is C15H17N3O2. The van der Waals surface area contributed by atoms with Crippen LogP contribution in [-0.4, -0.2) is 35.1 Å². The van der Waals surface area contributed by atoms with Crippen molar-refractivity contribution in [3.05, 3.63) is 41.1 Å². The Bertz CT molecular complexity index is 666. The second kappa shape index (κ2) is 5.28. The molecule has 1 N–H and O–H groups in total. The van der Waals surface area contributed by atoms with Gasteiger partial charge in [-0.15, -0.1) is 0 Å². The molecular weight excluding hydrogens is 254 g/mol. The molecule has 0 amide bonds. The second-order valence-corrected chi connectivity index (χ2v) is 4.96. The molecule has 104 valence electrons. The maximum Gasteiger partial charge on any atom is 0.354 e. The summed E-state index contributed by atoms with van der Waals surface area (Å²) < 4.78 is 0. The van der Waals surface area contributed by atoms with Crippen molar-refractivity contribution in [3.8, 4) is 11.3 Å². The van der Waals surface area contributed by atoms with Crippen LogP contribution in [0.4, 0.5) is 5.95 Å². The van der Waals surface area contributed by atoms with Gasteiger partial charge in [0.2, 0.25) is 5.95 Å². The first-order valence-corrected chi connectivity index (χ1v) is 6.26. The third kappa shape index (κ3) is 2.77. The van der Waals surface area contributed by atoms with Gasteiger partial charge in [0, 0.05) is 19.7 Å². The lowest BCUT2D eigenvalue weighted by molar-refractivity contribution is 0.0690. The van der Waals surface area contributed by atoms with Crippen LogP contribution in [0.5, 0.6) is 0 Å². The molecule has 1 heterocycles. The van der Waals surface area contributed by atoms with Crippen LogP contribution in [0.15, 0.2) is 24.3 Å². The van der Waals surface area contributed by atoms with Gasteiger partial charge in [0.25, 0.3) is 0 Å². The van der Waals surface area contributed by atoms with Gasteiger partial charge in [-0.05, 0) is 25.5 Å². The lowest BCUT2D eigenvalue weighted by Crippen LogP contribution is -2.15. The minimum absolute atomic E-state index is 0.00123. The molecule has 0 unspecified atom stereocenters. The number of rotatable bonds is 3. The Balaban J connectivity index is 2.63. The van der Waals surface area contributed by atoms with Crippen molar-refractivity contribution in [1.82, 2.24) is 9.97 Å². The zero-order valence-electron chi connectivity index (χ0n) is 12.0. The molecule has 0 spiro atoms. The van der Waals surface area contributed by atoms with Crippen molar-refractivity contribution in [2.24, 2.45) is 0 Å². The van der Waals surface area contributed by atoms with Crippen LogP contribution in [0.25, 0.3) is 11.3 Å². The summed E-state index contributed by atoms with van der Waals surface area (Å²) in [6, 6.07) is 7.50. The fourth-order valence-corrected chi connectivity index (χ4v) is 1.98. The molecule has 1 aromatic heterocycles. The van der Waals surface area contributed by atoms with E-state index >= 15 is 0 Å². The molecule has 0 atom stereocenters. The first-order chi connectivity index (χ1) is 9.38. The normalized spacial score (nSPS) is 10.4. The molecule has 0 fully saturated rings. The first kappa shape index (κ1) is 14.0. The van der Waals surface area contributed by atoms with E-state index in [4.69, 9.17) is 5.11 Å². The van der Waals surface area contributed by atoms with Crippen LogP contribution in [0.2, 0.25) is 0 Å². The maximum absolute atomic E-state index is 11.2. The number of hydrogen-bond donors (Lipinski definition) is 1. The standard InChI is InChI=1S/C15H17N3O2/c1-9-5-6-11(10(2)7-9)12-8-13(14(19)20)17-15(16-12)18(3)4/h5-8H,1-4H3,(H,19,20). The first-order valence-electron chi connectivity index (χ1n) is 6.26. The van der Waals surface area contributed by atoms with Gasteiger partial charge in [-0.1, -0.05) is 23.8 Å². The Morgan fingerprint density at radius 2 is 1.85 bits per heavy atom. The number of carboxylic acids is 1. The van der Waals surface area contributed by atoms with Crippen LogP contribution in [0.1, 0.15) is 21.6 Å². The third-order valence-electron chi connectivity index (χ3n) is 2.99. The molecule has 0 aliphatic carbocycles. The van der Waals surface area contributed by atoms with Gasteiger partial charge >= 0.3 is 5.97 Å². The highest BCUT2D eigenvalue weighted by Gasteiger charge is 2.14. The van der Waals surface area contributed by atoms with Crippen molar-refractivity contribution in [2.45, 2.75) is 13.8 Å². The number of hydrogen-bond acceptors (Lipinski definition) is 4.